The van der Waals surface area contributed by atoms with Gasteiger partial charge in [0.25, 0.3) is 0 Å². The van der Waals surface area contributed by atoms with Crippen molar-refractivity contribution >= 4 is 33.2 Å². The van der Waals surface area contributed by atoms with E-state index in [4.69, 9.17) is 16.3 Å². The second-order valence-electron chi connectivity index (χ2n) is 4.90. The molecule has 0 heterocycles. The van der Waals surface area contributed by atoms with Crippen LogP contribution in [0.1, 0.15) is 25.7 Å². The van der Waals surface area contributed by atoms with Gasteiger partial charge in [-0.05, 0) is 53.4 Å². The Kier molecular flexibility index (Phi) is 4.72. The Morgan fingerprint density at radius 2 is 2.37 bits per heavy atom. The van der Waals surface area contributed by atoms with Gasteiger partial charge in [-0.3, -0.25) is 0 Å². The number of nitrogens with one attached hydrogen (secondary N) is 1. The van der Waals surface area contributed by atoms with Crippen molar-refractivity contribution in [2.45, 2.75) is 37.3 Å². The van der Waals surface area contributed by atoms with E-state index in [1.165, 1.54) is 0 Å². The molecule has 2 rings (SSSR count). The smallest absolute Gasteiger partial charge is 0.127 e. The van der Waals surface area contributed by atoms with Gasteiger partial charge in [-0.15, -0.1) is 0 Å². The highest BCUT2D eigenvalue weighted by molar-refractivity contribution is 9.10. The third-order valence-electron chi connectivity index (χ3n) is 3.56. The summed E-state index contributed by atoms with van der Waals surface area (Å²) in [5, 5.41) is 13.5. The largest absolute Gasteiger partial charge is 0.381 e. The molecule has 0 radical (unpaired) electrons. The number of hydrogen-bond acceptors (Lipinski definition) is 3. The van der Waals surface area contributed by atoms with Gasteiger partial charge >= 0.3 is 0 Å². The number of benzene rings is 1. The molecular weight excluding hydrogens is 328 g/mol. The molecule has 2 atom stereocenters. The van der Waals surface area contributed by atoms with E-state index in [1.54, 1.807) is 7.11 Å². The molecule has 3 nitrogen and oxygen atoms in total. The van der Waals surface area contributed by atoms with E-state index in [2.05, 4.69) is 27.3 Å². The van der Waals surface area contributed by atoms with E-state index in [9.17, 15) is 5.26 Å². The molecule has 102 valence electrons. The highest BCUT2D eigenvalue weighted by Crippen LogP contribution is 2.34. The summed E-state index contributed by atoms with van der Waals surface area (Å²) in [6.45, 7) is 0. The second-order valence-corrected chi connectivity index (χ2v) is 6.16. The first kappa shape index (κ1) is 14.6. The lowest BCUT2D eigenvalue weighted by atomic mass is 9.81. The molecule has 0 bridgehead atoms. The number of methoxy groups -OCH3 is 1. The van der Waals surface area contributed by atoms with Gasteiger partial charge in [0, 0.05) is 23.7 Å². The van der Waals surface area contributed by atoms with Gasteiger partial charge in [0.1, 0.15) is 5.54 Å². The normalized spacial score (nSPS) is 26.7. The summed E-state index contributed by atoms with van der Waals surface area (Å²) in [7, 11) is 1.71. The molecule has 0 aliphatic heterocycles. The third-order valence-corrected chi connectivity index (χ3v) is 4.77. The Morgan fingerprint density at radius 1 is 1.58 bits per heavy atom. The predicted octanol–water partition coefficient (Wildman–Crippen LogP) is 4.37. The maximum absolute atomic E-state index is 9.53. The van der Waals surface area contributed by atoms with Crippen LogP contribution in [0.5, 0.6) is 0 Å². The zero-order valence-corrected chi connectivity index (χ0v) is 13.1. The summed E-state index contributed by atoms with van der Waals surface area (Å²) in [6, 6.07) is 8.03. The predicted molar refractivity (Wildman–Crippen MR) is 80.4 cm³/mol. The SMILES string of the molecule is COC1CCCC(C#N)(Nc2ccc(Cl)c(Br)c2)C1. The van der Waals surface area contributed by atoms with Crippen molar-refractivity contribution in [2.24, 2.45) is 0 Å². The van der Waals surface area contributed by atoms with Crippen LogP contribution in [0.2, 0.25) is 5.02 Å². The fourth-order valence-electron chi connectivity index (χ4n) is 2.52. The minimum atomic E-state index is -0.549. The first-order valence-electron chi connectivity index (χ1n) is 6.26. The fraction of sp³-hybridized carbons (Fsp3) is 0.500. The van der Waals surface area contributed by atoms with Crippen LogP contribution in [-0.2, 0) is 4.74 Å². The van der Waals surface area contributed by atoms with Crippen LogP contribution in [0.4, 0.5) is 5.69 Å². The number of nitriles is 1. The maximum atomic E-state index is 9.53. The zero-order valence-electron chi connectivity index (χ0n) is 10.7. The summed E-state index contributed by atoms with van der Waals surface area (Å²) in [4.78, 5) is 0. The number of nitrogens with zero attached hydrogens (tertiary/aromatic N) is 1. The van der Waals surface area contributed by atoms with Crippen LogP contribution >= 0.6 is 27.5 Å². The number of anilines is 1. The average Bonchev–Trinajstić information content (AvgIpc) is 2.43. The molecule has 0 saturated heterocycles. The second kappa shape index (κ2) is 6.13. The van der Waals surface area contributed by atoms with Crippen LogP contribution in [0.25, 0.3) is 0 Å². The van der Waals surface area contributed by atoms with Gasteiger partial charge in [-0.1, -0.05) is 11.6 Å². The summed E-state index contributed by atoms with van der Waals surface area (Å²) in [5.41, 5.74) is 0.348. The molecule has 1 aliphatic rings. The maximum Gasteiger partial charge on any atom is 0.127 e. The van der Waals surface area contributed by atoms with Gasteiger partial charge in [0.05, 0.1) is 17.2 Å². The van der Waals surface area contributed by atoms with E-state index in [0.717, 1.165) is 29.4 Å². The molecule has 1 aromatic rings. The highest BCUT2D eigenvalue weighted by Gasteiger charge is 2.36. The molecule has 1 aliphatic carbocycles. The van der Waals surface area contributed by atoms with Crippen LogP contribution in [0, 0.1) is 11.3 Å². The summed E-state index contributed by atoms with van der Waals surface area (Å²) in [5.74, 6) is 0. The van der Waals surface area contributed by atoms with Crippen molar-refractivity contribution in [1.82, 2.24) is 0 Å². The summed E-state index contributed by atoms with van der Waals surface area (Å²) in [6.07, 6.45) is 3.71. The average molecular weight is 344 g/mol. The van der Waals surface area contributed by atoms with Crippen molar-refractivity contribution in [3.8, 4) is 6.07 Å². The Balaban J connectivity index is 2.18. The van der Waals surface area contributed by atoms with E-state index in [-0.39, 0.29) is 6.10 Å². The molecule has 2 unspecified atom stereocenters. The topological polar surface area (TPSA) is 45.0 Å². The van der Waals surface area contributed by atoms with Gasteiger partial charge in [-0.25, -0.2) is 0 Å². The molecule has 0 amide bonds. The first-order valence-corrected chi connectivity index (χ1v) is 7.43. The number of hydrogen-bond donors (Lipinski definition) is 1. The van der Waals surface area contributed by atoms with Crippen molar-refractivity contribution < 1.29 is 4.74 Å². The highest BCUT2D eigenvalue weighted by atomic mass is 79.9. The lowest BCUT2D eigenvalue weighted by Crippen LogP contribution is -2.43. The van der Waals surface area contributed by atoms with Crippen LogP contribution in [0.15, 0.2) is 22.7 Å². The van der Waals surface area contributed by atoms with Crippen molar-refractivity contribution in [2.75, 3.05) is 12.4 Å². The first-order chi connectivity index (χ1) is 9.08. The summed E-state index contributed by atoms with van der Waals surface area (Å²) < 4.78 is 6.23. The lowest BCUT2D eigenvalue weighted by molar-refractivity contribution is 0.0569. The molecule has 1 saturated carbocycles. The molecule has 19 heavy (non-hydrogen) atoms. The van der Waals surface area contributed by atoms with Crippen LogP contribution in [0.3, 0.4) is 0 Å². The Morgan fingerprint density at radius 3 is 3.00 bits per heavy atom. The molecular formula is C14H16BrClN2O. The molecule has 5 heteroatoms. The Hall–Kier alpha value is -0.760. The van der Waals surface area contributed by atoms with Crippen molar-refractivity contribution in [3.63, 3.8) is 0 Å². The molecule has 1 fully saturated rings. The van der Waals surface area contributed by atoms with Gasteiger partial charge < -0.3 is 10.1 Å². The van der Waals surface area contributed by atoms with E-state index < -0.39 is 5.54 Å². The van der Waals surface area contributed by atoms with Crippen LogP contribution in [-0.4, -0.2) is 18.8 Å². The monoisotopic (exact) mass is 342 g/mol. The van der Waals surface area contributed by atoms with Gasteiger partial charge in [0.15, 0.2) is 0 Å². The van der Waals surface area contributed by atoms with Gasteiger partial charge in [0.2, 0.25) is 0 Å². The lowest BCUT2D eigenvalue weighted by Gasteiger charge is -2.36. The number of halogens is 2. The van der Waals surface area contributed by atoms with Crippen molar-refractivity contribution in [3.05, 3.63) is 27.7 Å². The number of rotatable bonds is 3. The molecule has 0 spiro atoms. The fourth-order valence-corrected chi connectivity index (χ4v) is 3.02. The quantitative estimate of drug-likeness (QED) is 0.886. The summed E-state index contributed by atoms with van der Waals surface area (Å²) >= 11 is 9.37. The molecule has 1 N–H and O–H groups in total. The van der Waals surface area contributed by atoms with Gasteiger partial charge in [-0.2, -0.15) is 5.26 Å². The van der Waals surface area contributed by atoms with Crippen molar-refractivity contribution in [1.29, 1.82) is 5.26 Å². The zero-order chi connectivity index (χ0) is 13.9. The van der Waals surface area contributed by atoms with E-state index in [0.29, 0.717) is 11.4 Å². The Bertz CT molecular complexity index is 503. The molecule has 1 aromatic carbocycles. The van der Waals surface area contributed by atoms with Crippen LogP contribution < -0.4 is 5.32 Å². The van der Waals surface area contributed by atoms with E-state index >= 15 is 0 Å². The third kappa shape index (κ3) is 3.42. The van der Waals surface area contributed by atoms with E-state index in [1.807, 2.05) is 18.2 Å². The Labute approximate surface area is 127 Å². The standard InChI is InChI=1S/C14H16BrClN2O/c1-19-11-3-2-6-14(8-11,9-17)18-10-4-5-13(16)12(15)7-10/h4-5,7,11,18H,2-3,6,8H2,1H3. The number of ether oxygens (including phenoxy) is 1. The minimum Gasteiger partial charge on any atom is -0.381 e. The minimum absolute atomic E-state index is 0.150. The molecule has 0 aromatic heterocycles.